The molecule has 11 heavy (non-hydrogen) atoms. The molecule has 0 fully saturated rings. The summed E-state index contributed by atoms with van der Waals surface area (Å²) < 4.78 is 2.35. The van der Waals surface area contributed by atoms with Crippen molar-refractivity contribution in [1.82, 2.24) is 0 Å². The summed E-state index contributed by atoms with van der Waals surface area (Å²) in [6.45, 7) is 0. The van der Waals surface area contributed by atoms with Crippen molar-refractivity contribution in [3.05, 3.63) is 28.1 Å². The summed E-state index contributed by atoms with van der Waals surface area (Å²) in [5.41, 5.74) is 6.61. The van der Waals surface area contributed by atoms with Crippen LogP contribution in [0.2, 0.25) is 0 Å². The van der Waals surface area contributed by atoms with Crippen LogP contribution >= 0.6 is 27.3 Å². The summed E-state index contributed by atoms with van der Waals surface area (Å²) in [6, 6.07) is 5.94. The molecule has 0 aliphatic rings. The molecule has 3 heteroatoms. The number of hydrogen-bond acceptors (Lipinski definition) is 2. The van der Waals surface area contributed by atoms with Gasteiger partial charge in [-0.2, -0.15) is 0 Å². The SMILES string of the molecule is Nc1ccc(Br)c2sccc12. The zero-order valence-corrected chi connectivity index (χ0v) is 8.08. The van der Waals surface area contributed by atoms with Crippen LogP contribution in [-0.4, -0.2) is 0 Å². The van der Waals surface area contributed by atoms with Crippen LogP contribution in [0.5, 0.6) is 0 Å². The normalized spacial score (nSPS) is 10.6. The second-order valence-corrected chi connectivity index (χ2v) is 4.07. The first-order valence-electron chi connectivity index (χ1n) is 3.20. The van der Waals surface area contributed by atoms with Gasteiger partial charge in [0.05, 0.1) is 4.70 Å². The van der Waals surface area contributed by atoms with E-state index in [-0.39, 0.29) is 0 Å². The molecule has 0 radical (unpaired) electrons. The van der Waals surface area contributed by atoms with Crippen molar-refractivity contribution in [3.63, 3.8) is 0 Å². The van der Waals surface area contributed by atoms with E-state index in [2.05, 4.69) is 15.9 Å². The Morgan fingerprint density at radius 2 is 2.09 bits per heavy atom. The number of halogens is 1. The molecular weight excluding hydrogens is 222 g/mol. The fourth-order valence-corrected chi connectivity index (χ4v) is 2.51. The molecule has 1 aromatic carbocycles. The summed E-state index contributed by atoms with van der Waals surface area (Å²) >= 11 is 5.17. The van der Waals surface area contributed by atoms with E-state index in [4.69, 9.17) is 5.73 Å². The van der Waals surface area contributed by atoms with Gasteiger partial charge in [-0.15, -0.1) is 11.3 Å². The van der Waals surface area contributed by atoms with Crippen LogP contribution in [0.3, 0.4) is 0 Å². The van der Waals surface area contributed by atoms with Crippen LogP contribution in [0.25, 0.3) is 10.1 Å². The minimum atomic E-state index is 0.851. The van der Waals surface area contributed by atoms with E-state index in [1.54, 1.807) is 11.3 Å². The summed E-state index contributed by atoms with van der Waals surface area (Å²) in [5.74, 6) is 0. The van der Waals surface area contributed by atoms with Gasteiger partial charge in [0.1, 0.15) is 0 Å². The molecule has 2 aromatic rings. The maximum Gasteiger partial charge on any atom is 0.0505 e. The van der Waals surface area contributed by atoms with Gasteiger partial charge in [-0.1, -0.05) is 0 Å². The van der Waals surface area contributed by atoms with Gasteiger partial charge in [0.25, 0.3) is 0 Å². The van der Waals surface area contributed by atoms with Crippen molar-refractivity contribution >= 4 is 43.0 Å². The van der Waals surface area contributed by atoms with E-state index in [0.29, 0.717) is 0 Å². The monoisotopic (exact) mass is 227 g/mol. The van der Waals surface area contributed by atoms with Crippen molar-refractivity contribution in [2.24, 2.45) is 0 Å². The predicted octanol–water partition coefficient (Wildman–Crippen LogP) is 3.25. The Morgan fingerprint density at radius 3 is 2.82 bits per heavy atom. The lowest BCUT2D eigenvalue weighted by molar-refractivity contribution is 1.76. The number of nitrogens with two attached hydrogens (primary N) is 1. The van der Waals surface area contributed by atoms with E-state index < -0.39 is 0 Å². The molecular formula is C8H6BrNS. The standard InChI is InChI=1S/C8H6BrNS/c9-6-1-2-7(10)5-3-4-11-8(5)6/h1-4H,10H2. The number of rotatable bonds is 0. The molecule has 2 N–H and O–H groups in total. The number of benzene rings is 1. The van der Waals surface area contributed by atoms with Crippen molar-refractivity contribution in [1.29, 1.82) is 0 Å². The molecule has 0 saturated heterocycles. The Labute approximate surface area is 77.0 Å². The zero-order valence-electron chi connectivity index (χ0n) is 5.67. The highest BCUT2D eigenvalue weighted by atomic mass is 79.9. The van der Waals surface area contributed by atoms with E-state index in [1.807, 2.05) is 23.6 Å². The number of thiophene rings is 1. The maximum atomic E-state index is 5.76. The zero-order chi connectivity index (χ0) is 7.84. The Kier molecular flexibility index (Phi) is 1.62. The van der Waals surface area contributed by atoms with Crippen LogP contribution in [0.15, 0.2) is 28.1 Å². The summed E-state index contributed by atoms with van der Waals surface area (Å²) in [4.78, 5) is 0. The minimum Gasteiger partial charge on any atom is -0.398 e. The second-order valence-electron chi connectivity index (χ2n) is 2.30. The lowest BCUT2D eigenvalue weighted by atomic mass is 10.2. The molecule has 1 aromatic heterocycles. The van der Waals surface area contributed by atoms with Crippen LogP contribution in [0.1, 0.15) is 0 Å². The Morgan fingerprint density at radius 1 is 1.27 bits per heavy atom. The Balaban J connectivity index is 2.96. The largest absolute Gasteiger partial charge is 0.398 e. The second kappa shape index (κ2) is 2.50. The molecule has 1 nitrogen and oxygen atoms in total. The van der Waals surface area contributed by atoms with Crippen molar-refractivity contribution < 1.29 is 0 Å². The minimum absolute atomic E-state index is 0.851. The average Bonchev–Trinajstić information content (AvgIpc) is 2.45. The summed E-state index contributed by atoms with van der Waals surface area (Å²) in [7, 11) is 0. The summed E-state index contributed by atoms with van der Waals surface area (Å²) in [5, 5.41) is 3.19. The number of hydrogen-bond donors (Lipinski definition) is 1. The first-order valence-corrected chi connectivity index (χ1v) is 4.87. The van der Waals surface area contributed by atoms with E-state index in [1.165, 1.54) is 4.70 Å². The number of anilines is 1. The lowest BCUT2D eigenvalue weighted by Gasteiger charge is -1.96. The van der Waals surface area contributed by atoms with Gasteiger partial charge < -0.3 is 5.73 Å². The van der Waals surface area contributed by atoms with Crippen LogP contribution in [-0.2, 0) is 0 Å². The highest BCUT2D eigenvalue weighted by Crippen LogP contribution is 2.32. The van der Waals surface area contributed by atoms with E-state index >= 15 is 0 Å². The van der Waals surface area contributed by atoms with Gasteiger partial charge in [0.2, 0.25) is 0 Å². The molecule has 56 valence electrons. The quantitative estimate of drug-likeness (QED) is 0.688. The average molecular weight is 228 g/mol. The molecule has 1 heterocycles. The van der Waals surface area contributed by atoms with Crippen LogP contribution < -0.4 is 5.73 Å². The molecule has 0 aliphatic heterocycles. The van der Waals surface area contributed by atoms with Gasteiger partial charge in [-0.25, -0.2) is 0 Å². The smallest absolute Gasteiger partial charge is 0.0505 e. The molecule has 0 atom stereocenters. The molecule has 2 rings (SSSR count). The van der Waals surface area contributed by atoms with Gasteiger partial charge >= 0.3 is 0 Å². The third-order valence-electron chi connectivity index (χ3n) is 1.60. The number of fused-ring (bicyclic) bond motifs is 1. The van der Waals surface area contributed by atoms with E-state index in [9.17, 15) is 0 Å². The van der Waals surface area contributed by atoms with Crippen LogP contribution in [0.4, 0.5) is 5.69 Å². The molecule has 0 spiro atoms. The van der Waals surface area contributed by atoms with Gasteiger partial charge in [-0.05, 0) is 39.5 Å². The van der Waals surface area contributed by atoms with Gasteiger partial charge in [-0.3, -0.25) is 0 Å². The Hall–Kier alpha value is -0.540. The third-order valence-corrected chi connectivity index (χ3v) is 3.47. The topological polar surface area (TPSA) is 26.0 Å². The first-order chi connectivity index (χ1) is 5.29. The van der Waals surface area contributed by atoms with Crippen molar-refractivity contribution in [3.8, 4) is 0 Å². The number of nitrogen functional groups attached to an aromatic ring is 1. The van der Waals surface area contributed by atoms with E-state index in [0.717, 1.165) is 15.5 Å². The first kappa shape index (κ1) is 7.13. The predicted molar refractivity (Wildman–Crippen MR) is 53.9 cm³/mol. The van der Waals surface area contributed by atoms with Gasteiger partial charge in [0.15, 0.2) is 0 Å². The highest BCUT2D eigenvalue weighted by molar-refractivity contribution is 9.10. The molecule has 0 aliphatic carbocycles. The molecule has 0 saturated carbocycles. The Bertz CT molecular complexity index is 358. The maximum absolute atomic E-state index is 5.76. The molecule has 0 bridgehead atoms. The fraction of sp³-hybridized carbons (Fsp3) is 0. The van der Waals surface area contributed by atoms with Crippen molar-refractivity contribution in [2.75, 3.05) is 5.73 Å². The van der Waals surface area contributed by atoms with Crippen molar-refractivity contribution in [2.45, 2.75) is 0 Å². The molecule has 0 unspecified atom stereocenters. The fourth-order valence-electron chi connectivity index (χ4n) is 1.05. The third kappa shape index (κ3) is 1.04. The summed E-state index contributed by atoms with van der Waals surface area (Å²) in [6.07, 6.45) is 0. The van der Waals surface area contributed by atoms with Crippen LogP contribution in [0, 0.1) is 0 Å². The lowest BCUT2D eigenvalue weighted by Crippen LogP contribution is -1.83. The highest BCUT2D eigenvalue weighted by Gasteiger charge is 2.01. The molecule has 0 amide bonds. The van der Waals surface area contributed by atoms with Gasteiger partial charge in [0, 0.05) is 15.5 Å².